The number of hydrogen-bond donors (Lipinski definition) is 1. The SMILES string of the molecule is CCC1CCCC(Nc2ccc(OCCOC)cc2)CC1. The lowest BCUT2D eigenvalue weighted by Crippen LogP contribution is -2.18. The summed E-state index contributed by atoms with van der Waals surface area (Å²) in [6.45, 7) is 3.55. The van der Waals surface area contributed by atoms with Gasteiger partial charge < -0.3 is 14.8 Å². The van der Waals surface area contributed by atoms with E-state index in [1.807, 2.05) is 12.1 Å². The van der Waals surface area contributed by atoms with Gasteiger partial charge in [0, 0.05) is 18.8 Å². The lowest BCUT2D eigenvalue weighted by atomic mass is 9.98. The Labute approximate surface area is 129 Å². The Hall–Kier alpha value is -1.22. The zero-order chi connectivity index (χ0) is 14.9. The minimum atomic E-state index is 0.601. The first kappa shape index (κ1) is 16.2. The molecular formula is C18H29NO2. The summed E-state index contributed by atoms with van der Waals surface area (Å²) >= 11 is 0. The molecule has 1 aliphatic rings. The van der Waals surface area contributed by atoms with E-state index in [1.165, 1.54) is 44.2 Å². The summed E-state index contributed by atoms with van der Waals surface area (Å²) in [6, 6.07) is 8.92. The molecule has 1 aromatic carbocycles. The smallest absolute Gasteiger partial charge is 0.119 e. The van der Waals surface area contributed by atoms with Crippen molar-refractivity contribution >= 4 is 5.69 Å². The van der Waals surface area contributed by atoms with Crippen molar-refractivity contribution in [2.75, 3.05) is 25.6 Å². The Morgan fingerprint density at radius 2 is 1.86 bits per heavy atom. The molecule has 1 fully saturated rings. The van der Waals surface area contributed by atoms with Gasteiger partial charge >= 0.3 is 0 Å². The van der Waals surface area contributed by atoms with Crippen LogP contribution in [0.4, 0.5) is 5.69 Å². The lowest BCUT2D eigenvalue weighted by Gasteiger charge is -2.18. The number of hydrogen-bond acceptors (Lipinski definition) is 3. The first-order chi connectivity index (χ1) is 10.3. The fourth-order valence-electron chi connectivity index (χ4n) is 3.06. The van der Waals surface area contributed by atoms with Crippen molar-refractivity contribution in [2.45, 2.75) is 51.5 Å². The van der Waals surface area contributed by atoms with E-state index in [0.717, 1.165) is 11.7 Å². The third kappa shape index (κ3) is 5.58. The van der Waals surface area contributed by atoms with Crippen LogP contribution in [0.15, 0.2) is 24.3 Å². The topological polar surface area (TPSA) is 30.5 Å². The van der Waals surface area contributed by atoms with Gasteiger partial charge in [-0.2, -0.15) is 0 Å². The zero-order valence-electron chi connectivity index (χ0n) is 13.4. The number of anilines is 1. The minimum Gasteiger partial charge on any atom is -0.491 e. The average molecular weight is 291 g/mol. The summed E-state index contributed by atoms with van der Waals surface area (Å²) < 4.78 is 10.6. The average Bonchev–Trinajstić information content (AvgIpc) is 2.74. The largest absolute Gasteiger partial charge is 0.491 e. The van der Waals surface area contributed by atoms with E-state index in [9.17, 15) is 0 Å². The maximum absolute atomic E-state index is 5.59. The second-order valence-corrected chi connectivity index (χ2v) is 5.99. The van der Waals surface area contributed by atoms with Gasteiger partial charge in [-0.25, -0.2) is 0 Å². The van der Waals surface area contributed by atoms with Crippen molar-refractivity contribution in [2.24, 2.45) is 5.92 Å². The van der Waals surface area contributed by atoms with Gasteiger partial charge in [-0.1, -0.05) is 26.2 Å². The minimum absolute atomic E-state index is 0.601. The Morgan fingerprint density at radius 3 is 2.57 bits per heavy atom. The Kier molecular flexibility index (Phi) is 6.87. The van der Waals surface area contributed by atoms with Crippen molar-refractivity contribution in [1.29, 1.82) is 0 Å². The highest BCUT2D eigenvalue weighted by molar-refractivity contribution is 5.47. The van der Waals surface area contributed by atoms with Gasteiger partial charge in [0.15, 0.2) is 0 Å². The standard InChI is InChI=1S/C18H29NO2/c1-3-15-5-4-6-16(8-7-15)19-17-9-11-18(12-10-17)21-14-13-20-2/h9-12,15-16,19H,3-8,13-14H2,1-2H3. The number of rotatable bonds is 7. The Morgan fingerprint density at radius 1 is 1.05 bits per heavy atom. The van der Waals surface area contributed by atoms with Gasteiger partial charge in [-0.15, -0.1) is 0 Å². The highest BCUT2D eigenvalue weighted by Gasteiger charge is 2.17. The summed E-state index contributed by atoms with van der Waals surface area (Å²) in [4.78, 5) is 0. The zero-order valence-corrected chi connectivity index (χ0v) is 13.4. The molecular weight excluding hydrogens is 262 g/mol. The Bertz CT molecular complexity index is 391. The van der Waals surface area contributed by atoms with Crippen LogP contribution in [0.2, 0.25) is 0 Å². The molecule has 2 atom stereocenters. The molecule has 2 unspecified atom stereocenters. The van der Waals surface area contributed by atoms with Crippen LogP contribution in [0, 0.1) is 5.92 Å². The van der Waals surface area contributed by atoms with Crippen LogP contribution in [0.3, 0.4) is 0 Å². The molecule has 1 aromatic rings. The second-order valence-electron chi connectivity index (χ2n) is 5.99. The number of benzene rings is 1. The van der Waals surface area contributed by atoms with Crippen LogP contribution in [0.25, 0.3) is 0 Å². The molecule has 0 aromatic heterocycles. The third-order valence-corrected chi connectivity index (χ3v) is 4.45. The van der Waals surface area contributed by atoms with Crippen LogP contribution in [0.5, 0.6) is 5.75 Å². The van der Waals surface area contributed by atoms with E-state index < -0.39 is 0 Å². The molecule has 0 radical (unpaired) electrons. The highest BCUT2D eigenvalue weighted by atomic mass is 16.5. The first-order valence-corrected chi connectivity index (χ1v) is 8.30. The Balaban J connectivity index is 1.79. The van der Waals surface area contributed by atoms with Gasteiger partial charge in [0.25, 0.3) is 0 Å². The summed E-state index contributed by atoms with van der Waals surface area (Å²) in [5.41, 5.74) is 1.20. The van der Waals surface area contributed by atoms with E-state index in [1.54, 1.807) is 7.11 Å². The maximum Gasteiger partial charge on any atom is 0.119 e. The summed E-state index contributed by atoms with van der Waals surface area (Å²) in [5.74, 6) is 1.85. The fraction of sp³-hybridized carbons (Fsp3) is 0.667. The summed E-state index contributed by atoms with van der Waals surface area (Å²) in [7, 11) is 1.69. The second kappa shape index (κ2) is 8.93. The van der Waals surface area contributed by atoms with Gasteiger partial charge in [0.1, 0.15) is 12.4 Å². The molecule has 0 aliphatic heterocycles. The fourth-order valence-corrected chi connectivity index (χ4v) is 3.06. The third-order valence-electron chi connectivity index (χ3n) is 4.45. The number of nitrogens with one attached hydrogen (secondary N) is 1. The predicted octanol–water partition coefficient (Wildman–Crippen LogP) is 4.48. The molecule has 3 heteroatoms. The van der Waals surface area contributed by atoms with Crippen LogP contribution in [0.1, 0.15) is 45.4 Å². The van der Waals surface area contributed by atoms with Gasteiger partial charge in [0.05, 0.1) is 6.61 Å². The van der Waals surface area contributed by atoms with Crippen LogP contribution in [-0.2, 0) is 4.74 Å². The van der Waals surface area contributed by atoms with E-state index in [0.29, 0.717) is 19.3 Å². The highest BCUT2D eigenvalue weighted by Crippen LogP contribution is 2.27. The molecule has 1 aliphatic carbocycles. The molecule has 0 heterocycles. The molecule has 2 rings (SSSR count). The molecule has 3 nitrogen and oxygen atoms in total. The predicted molar refractivity (Wildman–Crippen MR) is 88.1 cm³/mol. The van der Waals surface area contributed by atoms with E-state index in [4.69, 9.17) is 9.47 Å². The van der Waals surface area contributed by atoms with Gasteiger partial charge in [-0.3, -0.25) is 0 Å². The molecule has 0 saturated heterocycles. The van der Waals surface area contributed by atoms with E-state index >= 15 is 0 Å². The van der Waals surface area contributed by atoms with Crippen LogP contribution < -0.4 is 10.1 Å². The van der Waals surface area contributed by atoms with Crippen molar-refractivity contribution < 1.29 is 9.47 Å². The van der Waals surface area contributed by atoms with Crippen LogP contribution >= 0.6 is 0 Å². The summed E-state index contributed by atoms with van der Waals surface area (Å²) in [5, 5.41) is 3.68. The maximum atomic E-state index is 5.59. The number of methoxy groups -OCH3 is 1. The quantitative estimate of drug-likeness (QED) is 0.593. The lowest BCUT2D eigenvalue weighted by molar-refractivity contribution is 0.146. The number of ether oxygens (including phenoxy) is 2. The molecule has 1 saturated carbocycles. The normalized spacial score (nSPS) is 22.6. The molecule has 0 amide bonds. The molecule has 1 N–H and O–H groups in total. The molecule has 21 heavy (non-hydrogen) atoms. The van der Waals surface area contributed by atoms with Crippen molar-refractivity contribution in [3.63, 3.8) is 0 Å². The van der Waals surface area contributed by atoms with Crippen molar-refractivity contribution in [1.82, 2.24) is 0 Å². The molecule has 0 spiro atoms. The van der Waals surface area contributed by atoms with E-state index in [-0.39, 0.29) is 0 Å². The van der Waals surface area contributed by atoms with Gasteiger partial charge in [-0.05, 0) is 49.4 Å². The van der Waals surface area contributed by atoms with Crippen LogP contribution in [-0.4, -0.2) is 26.4 Å². The van der Waals surface area contributed by atoms with Crippen molar-refractivity contribution in [3.05, 3.63) is 24.3 Å². The molecule has 0 bridgehead atoms. The van der Waals surface area contributed by atoms with Gasteiger partial charge in [0.2, 0.25) is 0 Å². The molecule has 118 valence electrons. The van der Waals surface area contributed by atoms with E-state index in [2.05, 4.69) is 24.4 Å². The van der Waals surface area contributed by atoms with Crippen molar-refractivity contribution in [3.8, 4) is 5.75 Å². The monoisotopic (exact) mass is 291 g/mol. The summed E-state index contributed by atoms with van der Waals surface area (Å²) in [6.07, 6.45) is 8.05. The first-order valence-electron chi connectivity index (χ1n) is 8.30.